The molecule has 1 aromatic rings. The molecular formula is C24H36F2O3. The lowest BCUT2D eigenvalue weighted by molar-refractivity contribution is -0.0651. The van der Waals surface area contributed by atoms with Crippen LogP contribution in [0, 0.1) is 17.6 Å². The third-order valence-corrected chi connectivity index (χ3v) is 6.57. The van der Waals surface area contributed by atoms with Gasteiger partial charge in [-0.05, 0) is 62.5 Å². The second-order valence-corrected chi connectivity index (χ2v) is 8.69. The van der Waals surface area contributed by atoms with E-state index < -0.39 is 11.6 Å². The lowest BCUT2D eigenvalue weighted by Gasteiger charge is -2.32. The molecule has 2 unspecified atom stereocenters. The average Bonchev–Trinajstić information content (AvgIpc) is 2.76. The molecule has 0 amide bonds. The summed E-state index contributed by atoms with van der Waals surface area (Å²) in [6, 6.07) is 3.19. The van der Waals surface area contributed by atoms with Crippen LogP contribution in [0.4, 0.5) is 8.78 Å². The van der Waals surface area contributed by atoms with Crippen LogP contribution in [0.3, 0.4) is 0 Å². The van der Waals surface area contributed by atoms with Crippen LogP contribution in [-0.2, 0) is 9.47 Å². The fraction of sp³-hybridized carbons (Fsp3) is 0.750. The fourth-order valence-electron chi connectivity index (χ4n) is 4.67. The van der Waals surface area contributed by atoms with Crippen LogP contribution in [0.5, 0.6) is 5.75 Å². The van der Waals surface area contributed by atoms with E-state index in [1.54, 1.807) is 6.07 Å². The first-order valence-electron chi connectivity index (χ1n) is 11.4. The molecule has 5 heteroatoms. The van der Waals surface area contributed by atoms with E-state index in [0.717, 1.165) is 45.3 Å². The van der Waals surface area contributed by atoms with Crippen molar-refractivity contribution < 1.29 is 23.0 Å². The van der Waals surface area contributed by atoms with Crippen molar-refractivity contribution in [3.8, 4) is 5.75 Å². The van der Waals surface area contributed by atoms with Crippen LogP contribution in [-0.4, -0.2) is 32.5 Å². The summed E-state index contributed by atoms with van der Waals surface area (Å²) < 4.78 is 45.4. The molecule has 3 nitrogen and oxygen atoms in total. The van der Waals surface area contributed by atoms with E-state index in [0.29, 0.717) is 17.6 Å². The number of methoxy groups -OCH3 is 1. The van der Waals surface area contributed by atoms with Gasteiger partial charge in [-0.1, -0.05) is 32.3 Å². The minimum absolute atomic E-state index is 0.0365. The van der Waals surface area contributed by atoms with Gasteiger partial charge in [-0.25, -0.2) is 4.39 Å². The van der Waals surface area contributed by atoms with Crippen LogP contribution in [0.1, 0.15) is 82.6 Å². The second kappa shape index (κ2) is 11.3. The molecule has 0 radical (unpaired) electrons. The number of benzene rings is 1. The smallest absolute Gasteiger partial charge is 0.200 e. The normalized spacial score (nSPS) is 27.7. The Morgan fingerprint density at radius 1 is 1.00 bits per heavy atom. The molecule has 1 saturated carbocycles. The van der Waals surface area contributed by atoms with Crippen molar-refractivity contribution in [3.63, 3.8) is 0 Å². The zero-order chi connectivity index (χ0) is 20.6. The number of rotatable bonds is 9. The van der Waals surface area contributed by atoms with Crippen molar-refractivity contribution in [2.24, 2.45) is 5.92 Å². The fourth-order valence-corrected chi connectivity index (χ4v) is 4.67. The molecule has 1 saturated heterocycles. The highest BCUT2D eigenvalue weighted by atomic mass is 19.2. The summed E-state index contributed by atoms with van der Waals surface area (Å²) >= 11 is 0. The number of halogens is 2. The second-order valence-electron chi connectivity index (χ2n) is 8.69. The minimum Gasteiger partial charge on any atom is -0.494 e. The number of unbranched alkanes of at least 4 members (excludes halogenated alkanes) is 2. The van der Waals surface area contributed by atoms with Crippen molar-refractivity contribution in [1.82, 2.24) is 0 Å². The lowest BCUT2D eigenvalue weighted by atomic mass is 9.82. The molecule has 2 aliphatic rings. The summed E-state index contributed by atoms with van der Waals surface area (Å²) in [5, 5.41) is 0. The molecule has 29 heavy (non-hydrogen) atoms. The largest absolute Gasteiger partial charge is 0.494 e. The highest BCUT2D eigenvalue weighted by Gasteiger charge is 2.28. The predicted octanol–water partition coefficient (Wildman–Crippen LogP) is 6.39. The number of ether oxygens (including phenoxy) is 3. The van der Waals surface area contributed by atoms with Gasteiger partial charge in [0.1, 0.15) is 0 Å². The first-order chi connectivity index (χ1) is 14.1. The van der Waals surface area contributed by atoms with Gasteiger partial charge < -0.3 is 14.2 Å². The highest BCUT2D eigenvalue weighted by molar-refractivity contribution is 5.33. The van der Waals surface area contributed by atoms with Crippen molar-refractivity contribution in [1.29, 1.82) is 0 Å². The maximum absolute atomic E-state index is 14.4. The van der Waals surface area contributed by atoms with E-state index >= 15 is 0 Å². The number of hydrogen-bond donors (Lipinski definition) is 0. The molecule has 1 aliphatic carbocycles. The van der Waals surface area contributed by atoms with Gasteiger partial charge in [0.25, 0.3) is 0 Å². The Morgan fingerprint density at radius 2 is 1.79 bits per heavy atom. The summed E-state index contributed by atoms with van der Waals surface area (Å²) in [6.45, 7) is 3.79. The van der Waals surface area contributed by atoms with Gasteiger partial charge in [0, 0.05) is 5.92 Å². The summed E-state index contributed by atoms with van der Waals surface area (Å²) in [6.07, 6.45) is 11.4. The molecule has 1 aromatic carbocycles. The molecule has 0 N–H and O–H groups in total. The monoisotopic (exact) mass is 410 g/mol. The quantitative estimate of drug-likeness (QED) is 0.441. The molecule has 3 rings (SSSR count). The molecule has 0 bridgehead atoms. The van der Waals surface area contributed by atoms with E-state index in [2.05, 4.69) is 6.92 Å². The molecule has 0 spiro atoms. The van der Waals surface area contributed by atoms with Crippen molar-refractivity contribution in [3.05, 3.63) is 29.3 Å². The van der Waals surface area contributed by atoms with Crippen molar-refractivity contribution in [2.75, 3.05) is 20.3 Å². The lowest BCUT2D eigenvalue weighted by Crippen LogP contribution is -2.31. The first-order valence-corrected chi connectivity index (χ1v) is 11.4. The van der Waals surface area contributed by atoms with Gasteiger partial charge in [-0.3, -0.25) is 0 Å². The van der Waals surface area contributed by atoms with Gasteiger partial charge in [-0.15, -0.1) is 0 Å². The van der Waals surface area contributed by atoms with Gasteiger partial charge >= 0.3 is 0 Å². The molecule has 164 valence electrons. The maximum Gasteiger partial charge on any atom is 0.200 e. The van der Waals surface area contributed by atoms with E-state index in [1.807, 2.05) is 0 Å². The zero-order valence-corrected chi connectivity index (χ0v) is 17.9. The van der Waals surface area contributed by atoms with Crippen LogP contribution in [0.25, 0.3) is 0 Å². The zero-order valence-electron chi connectivity index (χ0n) is 17.9. The Labute approximate surface area is 174 Å². The molecule has 2 fully saturated rings. The van der Waals surface area contributed by atoms with Gasteiger partial charge in [0.15, 0.2) is 11.6 Å². The van der Waals surface area contributed by atoms with E-state index in [1.165, 1.54) is 45.3 Å². The number of hydrogen-bond acceptors (Lipinski definition) is 3. The summed E-state index contributed by atoms with van der Waals surface area (Å²) in [5.41, 5.74) is 0.469. The Balaban J connectivity index is 1.37. The summed E-state index contributed by atoms with van der Waals surface area (Å²) in [7, 11) is 1.35. The van der Waals surface area contributed by atoms with Gasteiger partial charge in [0.2, 0.25) is 5.82 Å². The van der Waals surface area contributed by atoms with Crippen molar-refractivity contribution in [2.45, 2.75) is 89.3 Å². The van der Waals surface area contributed by atoms with Crippen LogP contribution in [0.2, 0.25) is 0 Å². The average molecular weight is 411 g/mol. The summed E-state index contributed by atoms with van der Waals surface area (Å²) in [4.78, 5) is 0. The van der Waals surface area contributed by atoms with E-state index in [-0.39, 0.29) is 17.8 Å². The highest BCUT2D eigenvalue weighted by Crippen LogP contribution is 2.37. The van der Waals surface area contributed by atoms with Crippen LogP contribution in [0.15, 0.2) is 12.1 Å². The minimum atomic E-state index is -0.881. The molecule has 0 aromatic heterocycles. The Morgan fingerprint density at radius 3 is 2.45 bits per heavy atom. The Hall–Kier alpha value is -1.20. The van der Waals surface area contributed by atoms with Crippen LogP contribution >= 0.6 is 0 Å². The Kier molecular flexibility index (Phi) is 8.73. The van der Waals surface area contributed by atoms with Gasteiger partial charge in [-0.2, -0.15) is 4.39 Å². The molecule has 1 heterocycles. The maximum atomic E-state index is 14.4. The third-order valence-electron chi connectivity index (χ3n) is 6.57. The van der Waals surface area contributed by atoms with Crippen LogP contribution < -0.4 is 4.74 Å². The third kappa shape index (κ3) is 6.14. The van der Waals surface area contributed by atoms with Crippen molar-refractivity contribution >= 4 is 0 Å². The first kappa shape index (κ1) is 22.5. The van der Waals surface area contributed by atoms with E-state index in [9.17, 15) is 8.78 Å². The van der Waals surface area contributed by atoms with Gasteiger partial charge in [0.05, 0.1) is 32.5 Å². The SMILES string of the molecule is CCCCCC1CCC(COC2CCC(c3ccc(OC)c(F)c3F)CC2)CO1. The summed E-state index contributed by atoms with van der Waals surface area (Å²) in [5.74, 6) is -1.14. The Bertz CT molecular complexity index is 621. The molecule has 2 atom stereocenters. The van der Waals surface area contributed by atoms with E-state index in [4.69, 9.17) is 14.2 Å². The standard InChI is InChI=1S/C24H36F2O3/c1-3-4-5-6-19-10-7-17(15-28-19)16-29-20-11-8-18(9-12-20)21-13-14-22(27-2)24(26)23(21)25/h13-14,17-20H,3-12,15-16H2,1-2H3. The molecule has 1 aliphatic heterocycles. The topological polar surface area (TPSA) is 27.7 Å². The predicted molar refractivity (Wildman–Crippen MR) is 110 cm³/mol. The molecular weight excluding hydrogens is 374 g/mol.